The van der Waals surface area contributed by atoms with Crippen molar-refractivity contribution in [3.05, 3.63) is 69.7 Å². The lowest BCUT2D eigenvalue weighted by Gasteiger charge is -2.22. The lowest BCUT2D eigenvalue weighted by molar-refractivity contribution is 0.0963. The molecule has 0 aliphatic rings. The molecular weight excluding hydrogens is 531 g/mol. The van der Waals surface area contributed by atoms with Crippen LogP contribution in [0.4, 0.5) is 0 Å². The second-order valence-electron chi connectivity index (χ2n) is 6.25. The average Bonchev–Trinajstić information content (AvgIpc) is 2.68. The minimum Gasteiger partial charge on any atom is -0.357 e. The standard InChI is InChI=1S/C21H27BrN4O.HI/c1-4-24-21(26(3)15-17-8-10-19(22)11-9-17)25-13-12-16-6-5-7-18(14-16)20(27)23-2;/h5-11,14H,4,12-13,15H2,1-3H3,(H,23,27)(H,24,25);1H. The average molecular weight is 559 g/mol. The van der Waals surface area contributed by atoms with Crippen molar-refractivity contribution in [2.24, 2.45) is 4.99 Å². The fourth-order valence-corrected chi connectivity index (χ4v) is 2.98. The van der Waals surface area contributed by atoms with Crippen molar-refractivity contribution < 1.29 is 4.79 Å². The Hall–Kier alpha value is -1.61. The molecule has 5 nitrogen and oxygen atoms in total. The summed E-state index contributed by atoms with van der Waals surface area (Å²) >= 11 is 3.47. The van der Waals surface area contributed by atoms with Crippen LogP contribution in [-0.2, 0) is 13.0 Å². The maximum atomic E-state index is 11.8. The van der Waals surface area contributed by atoms with Crippen molar-refractivity contribution in [1.29, 1.82) is 0 Å². The van der Waals surface area contributed by atoms with Gasteiger partial charge in [-0.15, -0.1) is 24.0 Å². The number of carbonyl (C=O) groups excluding carboxylic acids is 1. The molecule has 28 heavy (non-hydrogen) atoms. The number of amides is 1. The molecule has 2 aromatic rings. The zero-order valence-electron chi connectivity index (χ0n) is 16.5. The van der Waals surface area contributed by atoms with Gasteiger partial charge in [0.1, 0.15) is 0 Å². The van der Waals surface area contributed by atoms with E-state index < -0.39 is 0 Å². The van der Waals surface area contributed by atoms with Crippen molar-refractivity contribution >= 4 is 51.8 Å². The summed E-state index contributed by atoms with van der Waals surface area (Å²) in [5.74, 6) is 0.811. The maximum absolute atomic E-state index is 11.8. The van der Waals surface area contributed by atoms with E-state index in [0.29, 0.717) is 12.1 Å². The van der Waals surface area contributed by atoms with Crippen LogP contribution in [0.5, 0.6) is 0 Å². The third-order valence-electron chi connectivity index (χ3n) is 4.11. The molecule has 1 amide bonds. The Morgan fingerprint density at radius 2 is 1.86 bits per heavy atom. The normalized spacial score (nSPS) is 10.8. The van der Waals surface area contributed by atoms with E-state index in [4.69, 9.17) is 4.99 Å². The topological polar surface area (TPSA) is 56.7 Å². The summed E-state index contributed by atoms with van der Waals surface area (Å²) in [6.45, 7) is 4.32. The fraction of sp³-hybridized carbons (Fsp3) is 0.333. The lowest BCUT2D eigenvalue weighted by atomic mass is 10.1. The van der Waals surface area contributed by atoms with E-state index in [0.717, 1.165) is 35.5 Å². The third kappa shape index (κ3) is 7.79. The zero-order chi connectivity index (χ0) is 19.6. The maximum Gasteiger partial charge on any atom is 0.251 e. The molecule has 0 heterocycles. The number of rotatable bonds is 7. The van der Waals surface area contributed by atoms with Gasteiger partial charge in [0, 0.05) is 43.8 Å². The summed E-state index contributed by atoms with van der Waals surface area (Å²) in [6, 6.07) is 16.0. The molecule has 0 fully saturated rings. The van der Waals surface area contributed by atoms with Gasteiger partial charge in [-0.1, -0.05) is 40.2 Å². The van der Waals surface area contributed by atoms with Crippen molar-refractivity contribution in [1.82, 2.24) is 15.5 Å². The molecular formula is C21H28BrIN4O. The lowest BCUT2D eigenvalue weighted by Crippen LogP contribution is -2.38. The zero-order valence-corrected chi connectivity index (χ0v) is 20.5. The van der Waals surface area contributed by atoms with E-state index in [9.17, 15) is 4.79 Å². The first-order chi connectivity index (χ1) is 13.0. The molecule has 2 rings (SSSR count). The van der Waals surface area contributed by atoms with Crippen LogP contribution in [0.25, 0.3) is 0 Å². The van der Waals surface area contributed by atoms with E-state index in [2.05, 4.69) is 50.5 Å². The first-order valence-corrected chi connectivity index (χ1v) is 9.87. The van der Waals surface area contributed by atoms with Crippen molar-refractivity contribution in [2.75, 3.05) is 27.2 Å². The van der Waals surface area contributed by atoms with Gasteiger partial charge in [-0.25, -0.2) is 0 Å². The number of guanidine groups is 1. The highest BCUT2D eigenvalue weighted by molar-refractivity contribution is 14.0. The van der Waals surface area contributed by atoms with Crippen LogP contribution >= 0.6 is 39.9 Å². The molecule has 0 radical (unpaired) electrons. The van der Waals surface area contributed by atoms with Gasteiger partial charge in [0.2, 0.25) is 0 Å². The largest absolute Gasteiger partial charge is 0.357 e. The Balaban J connectivity index is 0.00000392. The Labute approximate surface area is 193 Å². The Bertz CT molecular complexity index is 780. The minimum atomic E-state index is -0.0667. The molecule has 0 saturated carbocycles. The highest BCUT2D eigenvalue weighted by atomic mass is 127. The molecule has 2 aromatic carbocycles. The first-order valence-electron chi connectivity index (χ1n) is 9.08. The summed E-state index contributed by atoms with van der Waals surface area (Å²) < 4.78 is 1.08. The van der Waals surface area contributed by atoms with Crippen molar-refractivity contribution in [2.45, 2.75) is 19.9 Å². The molecule has 0 bridgehead atoms. The van der Waals surface area contributed by atoms with Gasteiger partial charge in [0.25, 0.3) is 5.91 Å². The Morgan fingerprint density at radius 3 is 2.50 bits per heavy atom. The van der Waals surface area contributed by atoms with Crippen LogP contribution in [0.1, 0.15) is 28.4 Å². The van der Waals surface area contributed by atoms with Gasteiger partial charge in [-0.05, 0) is 48.7 Å². The Kier molecular flexibility index (Phi) is 11.1. The predicted molar refractivity (Wildman–Crippen MR) is 131 cm³/mol. The monoisotopic (exact) mass is 558 g/mol. The van der Waals surface area contributed by atoms with Gasteiger partial charge in [-0.2, -0.15) is 0 Å². The number of nitrogens with one attached hydrogen (secondary N) is 2. The second kappa shape index (κ2) is 12.8. The molecule has 152 valence electrons. The number of carbonyl (C=O) groups is 1. The first kappa shape index (κ1) is 24.4. The molecule has 2 N–H and O–H groups in total. The molecule has 0 saturated heterocycles. The van der Waals surface area contributed by atoms with Gasteiger partial charge < -0.3 is 15.5 Å². The van der Waals surface area contributed by atoms with Crippen LogP contribution < -0.4 is 10.6 Å². The van der Waals surface area contributed by atoms with E-state index in [1.54, 1.807) is 7.05 Å². The summed E-state index contributed by atoms with van der Waals surface area (Å²) in [4.78, 5) is 18.6. The molecule has 0 unspecified atom stereocenters. The van der Waals surface area contributed by atoms with E-state index in [1.165, 1.54) is 5.56 Å². The molecule has 0 aromatic heterocycles. The predicted octanol–water partition coefficient (Wildman–Crippen LogP) is 4.07. The smallest absolute Gasteiger partial charge is 0.251 e. The number of nitrogens with zero attached hydrogens (tertiary/aromatic N) is 2. The highest BCUT2D eigenvalue weighted by Gasteiger charge is 2.07. The van der Waals surface area contributed by atoms with Crippen LogP contribution in [-0.4, -0.2) is 44.0 Å². The molecule has 0 spiro atoms. The van der Waals surface area contributed by atoms with E-state index in [1.807, 2.05) is 43.4 Å². The van der Waals surface area contributed by atoms with Crippen LogP contribution in [0.3, 0.4) is 0 Å². The Morgan fingerprint density at radius 1 is 1.14 bits per heavy atom. The fourth-order valence-electron chi connectivity index (χ4n) is 2.71. The minimum absolute atomic E-state index is 0. The quantitative estimate of drug-likeness (QED) is 0.306. The summed E-state index contributed by atoms with van der Waals surface area (Å²) in [5.41, 5.74) is 3.01. The van der Waals surface area contributed by atoms with E-state index in [-0.39, 0.29) is 29.9 Å². The van der Waals surface area contributed by atoms with Crippen molar-refractivity contribution in [3.8, 4) is 0 Å². The second-order valence-corrected chi connectivity index (χ2v) is 7.16. The molecule has 7 heteroatoms. The molecule has 0 aliphatic heterocycles. The third-order valence-corrected chi connectivity index (χ3v) is 4.64. The summed E-state index contributed by atoms with van der Waals surface area (Å²) in [7, 11) is 3.68. The number of benzene rings is 2. The van der Waals surface area contributed by atoms with Crippen LogP contribution in [0, 0.1) is 0 Å². The van der Waals surface area contributed by atoms with Crippen molar-refractivity contribution in [3.63, 3.8) is 0 Å². The van der Waals surface area contributed by atoms with Crippen LogP contribution in [0.15, 0.2) is 58.0 Å². The summed E-state index contributed by atoms with van der Waals surface area (Å²) in [5, 5.41) is 6.00. The van der Waals surface area contributed by atoms with Gasteiger partial charge in [0.05, 0.1) is 0 Å². The van der Waals surface area contributed by atoms with E-state index >= 15 is 0 Å². The SMILES string of the molecule is CCNC(=NCCc1cccc(C(=O)NC)c1)N(C)Cc1ccc(Br)cc1.I. The number of hydrogen-bond acceptors (Lipinski definition) is 2. The molecule has 0 atom stereocenters. The summed E-state index contributed by atoms with van der Waals surface area (Å²) in [6.07, 6.45) is 0.784. The number of hydrogen-bond donors (Lipinski definition) is 2. The van der Waals surface area contributed by atoms with Gasteiger partial charge >= 0.3 is 0 Å². The number of aliphatic imine (C=N–C) groups is 1. The molecule has 0 aliphatic carbocycles. The number of halogens is 2. The van der Waals surface area contributed by atoms with Crippen LogP contribution in [0.2, 0.25) is 0 Å². The van der Waals surface area contributed by atoms with Gasteiger partial charge in [-0.3, -0.25) is 9.79 Å². The highest BCUT2D eigenvalue weighted by Crippen LogP contribution is 2.12. The van der Waals surface area contributed by atoms with Gasteiger partial charge in [0.15, 0.2) is 5.96 Å².